The van der Waals surface area contributed by atoms with E-state index in [1.54, 1.807) is 74.5 Å². The van der Waals surface area contributed by atoms with Crippen LogP contribution in [0.3, 0.4) is 0 Å². The molecule has 2 aliphatic rings. The number of fused-ring (bicyclic) bond motifs is 1. The number of aromatic hydroxyl groups is 1. The lowest BCUT2D eigenvalue weighted by atomic mass is 9.98. The van der Waals surface area contributed by atoms with E-state index in [9.17, 15) is 53.4 Å². The topological polar surface area (TPSA) is 421 Å². The molecule has 27 nitrogen and oxygen atoms in total. The standard InChI is InChI=1S/C69H87ClN14O13/c1-40(2)32-51(60(89)76-50(16-9-29-74-69(72)73)68(97)84-31-11-17-57(84)66(95)75-38-59(71)88)77-63(92)55(37-45-19-24-46-14-7-8-15-47(46)33-45)79-61(90)53(36-44-22-27-49(87)28-23-44)80-65(94)56(39-85)82-64(93)52(34-42-12-5-4-6-13-42)78-62(91)54(35-43-20-25-48(70)26-21-43)81-67(96)58-18-10-30-83(58)41(3)86/h4-8,12-15,19-28,33,40,50-58,85,87H,9-11,16-18,29-32,34-39H2,1-3H3,(H2,71,88)(H,75,95)(H,76,89)(H,77,92)(H,78,91)(H,79,90)(H,80,94)(H,81,96)(H,82,93)(H4,72,73,74)/t50-,51-,52+,53-,54+,55+,56-,57-,58-/m0/s1. The van der Waals surface area contributed by atoms with Gasteiger partial charge < -0.3 is 79.7 Å². The predicted molar refractivity (Wildman–Crippen MR) is 362 cm³/mol. The number of carbonyl (C=O) groups excluding carboxylic acids is 11. The number of amides is 11. The van der Waals surface area contributed by atoms with Gasteiger partial charge in [0.05, 0.1) is 13.2 Å². The summed E-state index contributed by atoms with van der Waals surface area (Å²) in [5.74, 6) is -8.85. The molecule has 2 saturated heterocycles. The molecule has 11 amide bonds. The molecule has 518 valence electrons. The van der Waals surface area contributed by atoms with Gasteiger partial charge in [-0.2, -0.15) is 0 Å². The van der Waals surface area contributed by atoms with Crippen LogP contribution in [0.25, 0.3) is 10.8 Å². The lowest BCUT2D eigenvalue weighted by Crippen LogP contribution is -2.61. The zero-order chi connectivity index (χ0) is 70.3. The van der Waals surface area contributed by atoms with Gasteiger partial charge in [0.1, 0.15) is 60.1 Å². The fourth-order valence-corrected chi connectivity index (χ4v) is 11.9. The zero-order valence-electron chi connectivity index (χ0n) is 54.5. The summed E-state index contributed by atoms with van der Waals surface area (Å²) >= 11 is 6.19. The van der Waals surface area contributed by atoms with Gasteiger partial charge >= 0.3 is 0 Å². The number of likely N-dealkylation sites (tertiary alicyclic amines) is 2. The first kappa shape index (κ1) is 74.2. The molecule has 7 rings (SSSR count). The molecule has 0 unspecified atom stereocenters. The molecule has 0 aromatic heterocycles. The summed E-state index contributed by atoms with van der Waals surface area (Å²) in [6, 6.07) is 21.7. The maximum absolute atomic E-state index is 15.1. The van der Waals surface area contributed by atoms with Crippen LogP contribution in [0.1, 0.15) is 88.0 Å². The van der Waals surface area contributed by atoms with Crippen molar-refractivity contribution >= 4 is 93.3 Å². The minimum absolute atomic E-state index is 0.00632. The fourth-order valence-electron chi connectivity index (χ4n) is 11.8. The van der Waals surface area contributed by atoms with E-state index in [1.165, 1.54) is 41.0 Å². The molecule has 0 aliphatic carbocycles. The number of nitrogens with one attached hydrogen (secondary N) is 8. The van der Waals surface area contributed by atoms with Crippen LogP contribution in [0, 0.1) is 5.92 Å². The number of carbonyl (C=O) groups is 11. The molecular weight excluding hydrogens is 1270 g/mol. The van der Waals surface area contributed by atoms with Gasteiger partial charge in [-0.05, 0) is 108 Å². The van der Waals surface area contributed by atoms with Gasteiger partial charge in [-0.25, -0.2) is 0 Å². The molecule has 0 spiro atoms. The van der Waals surface area contributed by atoms with E-state index in [-0.39, 0.29) is 88.0 Å². The number of hydrogen-bond donors (Lipinski definition) is 13. The summed E-state index contributed by atoms with van der Waals surface area (Å²) in [4.78, 5) is 161. The minimum Gasteiger partial charge on any atom is -0.508 e. The minimum atomic E-state index is -1.79. The van der Waals surface area contributed by atoms with Gasteiger partial charge in [-0.15, -0.1) is 0 Å². The number of halogens is 1. The monoisotopic (exact) mass is 1350 g/mol. The number of aliphatic imine (C=N–C) groups is 1. The molecule has 2 heterocycles. The SMILES string of the molecule is CC(=O)N1CCC[C@H]1C(=O)N[C@H](Cc1ccc(Cl)cc1)C(=O)N[C@H](Cc1ccccc1)C(=O)N[C@@H](CO)C(=O)N[C@@H](Cc1ccc(O)cc1)C(=O)N[C@H](Cc1ccc2ccccc2c1)C(=O)N[C@@H](CC(C)C)C(=O)N[C@@H](CCCN=C(N)N)C(=O)N1CCC[C@H]1C(=O)NCC(N)=O. The Morgan fingerprint density at radius 1 is 0.536 bits per heavy atom. The number of guanidine groups is 1. The second kappa shape index (κ2) is 36.1. The van der Waals surface area contributed by atoms with E-state index in [1.807, 2.05) is 36.4 Å². The first-order valence-corrected chi connectivity index (χ1v) is 32.7. The zero-order valence-corrected chi connectivity index (χ0v) is 55.2. The van der Waals surface area contributed by atoms with Crippen LogP contribution in [-0.4, -0.2) is 178 Å². The number of phenols is 1. The van der Waals surface area contributed by atoms with Crippen molar-refractivity contribution in [3.63, 3.8) is 0 Å². The number of aliphatic hydroxyl groups excluding tert-OH is 1. The summed E-state index contributed by atoms with van der Waals surface area (Å²) in [7, 11) is 0. The molecule has 0 bridgehead atoms. The predicted octanol–water partition coefficient (Wildman–Crippen LogP) is 0.558. The third-order valence-corrected chi connectivity index (χ3v) is 17.0. The van der Waals surface area contributed by atoms with Crippen LogP contribution >= 0.6 is 11.6 Å². The van der Waals surface area contributed by atoms with Crippen molar-refractivity contribution in [2.24, 2.45) is 28.1 Å². The summed E-state index contributed by atoms with van der Waals surface area (Å²) < 4.78 is 0. The molecular formula is C69H87ClN14O13. The van der Waals surface area contributed by atoms with Crippen LogP contribution in [0.2, 0.25) is 5.02 Å². The third-order valence-electron chi connectivity index (χ3n) is 16.7. The Morgan fingerprint density at radius 3 is 1.54 bits per heavy atom. The first-order valence-electron chi connectivity index (χ1n) is 32.3. The van der Waals surface area contributed by atoms with Gasteiger partial charge in [0.25, 0.3) is 0 Å². The van der Waals surface area contributed by atoms with Crippen molar-refractivity contribution in [1.82, 2.24) is 52.3 Å². The van der Waals surface area contributed by atoms with Gasteiger partial charge in [-0.1, -0.05) is 123 Å². The van der Waals surface area contributed by atoms with Gasteiger partial charge in [0.2, 0.25) is 65.0 Å². The normalized spacial score (nSPS) is 16.4. The lowest BCUT2D eigenvalue weighted by molar-refractivity contribution is -0.142. The first-order chi connectivity index (χ1) is 46.3. The van der Waals surface area contributed by atoms with Crippen LogP contribution < -0.4 is 59.7 Å². The molecule has 28 heteroatoms. The molecule has 5 aromatic carbocycles. The fraction of sp³-hybridized carbons (Fsp3) is 0.420. The summed E-state index contributed by atoms with van der Waals surface area (Å²) in [6.45, 7) is 4.05. The maximum Gasteiger partial charge on any atom is 0.245 e. The summed E-state index contributed by atoms with van der Waals surface area (Å²) in [6.07, 6.45) is 1.16. The molecule has 16 N–H and O–H groups in total. The highest BCUT2D eigenvalue weighted by molar-refractivity contribution is 6.30. The number of rotatable bonds is 33. The summed E-state index contributed by atoms with van der Waals surface area (Å²) in [5.41, 5.74) is 18.6. The average Bonchev–Trinajstić information content (AvgIpc) is 1.81. The molecule has 0 radical (unpaired) electrons. The number of nitrogens with two attached hydrogens (primary N) is 3. The number of aliphatic hydroxyl groups is 1. The molecule has 2 fully saturated rings. The Morgan fingerprint density at radius 2 is 0.990 bits per heavy atom. The number of phenolic OH excluding ortho intramolecular Hbond substituents is 1. The number of nitrogens with zero attached hydrogens (tertiary/aromatic N) is 3. The van der Waals surface area contributed by atoms with E-state index in [0.717, 1.165) is 10.8 Å². The molecule has 0 saturated carbocycles. The van der Waals surface area contributed by atoms with E-state index >= 15 is 9.59 Å². The number of primary amides is 1. The number of hydrogen-bond acceptors (Lipinski definition) is 14. The Labute approximate surface area is 567 Å². The molecule has 2 aliphatic heterocycles. The Balaban J connectivity index is 1.15. The maximum atomic E-state index is 15.1. The Kier molecular flexibility index (Phi) is 27.6. The highest BCUT2D eigenvalue weighted by Gasteiger charge is 2.40. The largest absolute Gasteiger partial charge is 0.508 e. The lowest BCUT2D eigenvalue weighted by Gasteiger charge is -2.30. The molecule has 97 heavy (non-hydrogen) atoms. The van der Waals surface area contributed by atoms with E-state index in [0.29, 0.717) is 53.1 Å². The van der Waals surface area contributed by atoms with Crippen molar-refractivity contribution in [3.8, 4) is 5.75 Å². The molecule has 9 atom stereocenters. The van der Waals surface area contributed by atoms with Crippen molar-refractivity contribution in [1.29, 1.82) is 0 Å². The van der Waals surface area contributed by atoms with Crippen LogP contribution in [0.15, 0.2) is 126 Å². The number of benzene rings is 5. The molecule has 5 aromatic rings. The van der Waals surface area contributed by atoms with Gasteiger partial charge in [0.15, 0.2) is 5.96 Å². The third kappa shape index (κ3) is 22.5. The Hall–Kier alpha value is -10.1. The van der Waals surface area contributed by atoms with E-state index in [4.69, 9.17) is 28.8 Å². The van der Waals surface area contributed by atoms with Gasteiger partial charge in [0, 0.05) is 57.3 Å². The van der Waals surface area contributed by atoms with Crippen molar-refractivity contribution in [2.45, 2.75) is 146 Å². The van der Waals surface area contributed by atoms with Crippen LogP contribution in [-0.2, 0) is 78.4 Å². The quantitative estimate of drug-likeness (QED) is 0.0155. The second-order valence-electron chi connectivity index (χ2n) is 24.7. The highest BCUT2D eigenvalue weighted by atomic mass is 35.5. The second-order valence-corrected chi connectivity index (χ2v) is 25.1. The Bertz CT molecular complexity index is 3630. The van der Waals surface area contributed by atoms with Gasteiger partial charge in [-0.3, -0.25) is 57.7 Å². The van der Waals surface area contributed by atoms with Crippen LogP contribution in [0.5, 0.6) is 5.75 Å². The van der Waals surface area contributed by atoms with Crippen molar-refractivity contribution in [3.05, 3.63) is 149 Å². The highest BCUT2D eigenvalue weighted by Crippen LogP contribution is 2.23. The smallest absolute Gasteiger partial charge is 0.245 e. The average molecular weight is 1360 g/mol. The van der Waals surface area contributed by atoms with E-state index in [2.05, 4.69) is 47.5 Å². The van der Waals surface area contributed by atoms with Crippen molar-refractivity contribution in [2.75, 3.05) is 32.8 Å². The van der Waals surface area contributed by atoms with E-state index < -0.39 is 127 Å². The van der Waals surface area contributed by atoms with Crippen molar-refractivity contribution < 1.29 is 63.0 Å². The summed E-state index contributed by atoms with van der Waals surface area (Å²) in [5, 5.41) is 44.8. The van der Waals surface area contributed by atoms with Crippen LogP contribution in [0.4, 0.5) is 0 Å².